The molecule has 5 nitrogen and oxygen atoms in total. The van der Waals surface area contributed by atoms with E-state index in [1.54, 1.807) is 23.9 Å². The number of aromatic nitrogens is 2. The van der Waals surface area contributed by atoms with Crippen LogP contribution < -0.4 is 9.47 Å². The van der Waals surface area contributed by atoms with Crippen LogP contribution in [-0.2, 0) is 6.61 Å². The maximum atomic E-state index is 10.5. The van der Waals surface area contributed by atoms with Gasteiger partial charge in [0.1, 0.15) is 18.5 Å². The Kier molecular flexibility index (Phi) is 5.94. The molecule has 3 aromatic rings. The van der Waals surface area contributed by atoms with Crippen LogP contribution >= 0.6 is 0 Å². The van der Waals surface area contributed by atoms with Crippen molar-refractivity contribution in [2.24, 2.45) is 5.92 Å². The Morgan fingerprint density at radius 1 is 1.15 bits per heavy atom. The highest BCUT2D eigenvalue weighted by Crippen LogP contribution is 2.28. The second-order valence-corrected chi connectivity index (χ2v) is 6.33. The van der Waals surface area contributed by atoms with Gasteiger partial charge < -0.3 is 14.6 Å². The summed E-state index contributed by atoms with van der Waals surface area (Å²) in [7, 11) is 1.64. The van der Waals surface area contributed by atoms with E-state index in [0.29, 0.717) is 18.2 Å². The second-order valence-electron chi connectivity index (χ2n) is 6.33. The monoisotopic (exact) mass is 364 g/mol. The van der Waals surface area contributed by atoms with E-state index < -0.39 is 6.10 Å². The minimum absolute atomic E-state index is 0.112. The Balaban J connectivity index is 1.87. The topological polar surface area (TPSA) is 56.5 Å². The van der Waals surface area contributed by atoms with Gasteiger partial charge in [0, 0.05) is 12.0 Å². The average Bonchev–Trinajstić information content (AvgIpc) is 3.16. The largest absolute Gasteiger partial charge is 0.497 e. The van der Waals surface area contributed by atoms with Gasteiger partial charge in [-0.25, -0.2) is 4.68 Å². The minimum atomic E-state index is -0.740. The summed E-state index contributed by atoms with van der Waals surface area (Å²) in [6, 6.07) is 19.2. The van der Waals surface area contributed by atoms with Gasteiger partial charge in [0.05, 0.1) is 18.5 Å². The second kappa shape index (κ2) is 8.56. The molecule has 5 heteroatoms. The molecule has 2 atom stereocenters. The third-order valence-electron chi connectivity index (χ3n) is 4.41. The first-order chi connectivity index (χ1) is 13.1. The Hall–Kier alpha value is -3.05. The zero-order valence-electron chi connectivity index (χ0n) is 15.6. The van der Waals surface area contributed by atoms with E-state index in [4.69, 9.17) is 9.47 Å². The van der Waals surface area contributed by atoms with Gasteiger partial charge in [-0.2, -0.15) is 5.10 Å². The van der Waals surface area contributed by atoms with Gasteiger partial charge in [-0.15, -0.1) is 6.58 Å². The van der Waals surface area contributed by atoms with Crippen molar-refractivity contribution in [1.29, 1.82) is 0 Å². The summed E-state index contributed by atoms with van der Waals surface area (Å²) in [6.07, 6.45) is 0.972. The van der Waals surface area contributed by atoms with E-state index in [0.717, 1.165) is 17.0 Å². The molecule has 0 saturated carbocycles. The van der Waals surface area contributed by atoms with Crippen LogP contribution in [0.4, 0.5) is 0 Å². The first-order valence-corrected chi connectivity index (χ1v) is 8.84. The highest BCUT2D eigenvalue weighted by Gasteiger charge is 2.20. The van der Waals surface area contributed by atoms with Gasteiger partial charge in [0.25, 0.3) is 0 Å². The Labute approximate surface area is 159 Å². The summed E-state index contributed by atoms with van der Waals surface area (Å²) < 4.78 is 12.9. The Bertz CT molecular complexity index is 872. The van der Waals surface area contributed by atoms with E-state index in [2.05, 4.69) is 11.7 Å². The van der Waals surface area contributed by atoms with Gasteiger partial charge in [-0.1, -0.05) is 43.3 Å². The smallest absolute Gasteiger partial charge is 0.217 e. The van der Waals surface area contributed by atoms with Crippen molar-refractivity contribution in [3.63, 3.8) is 0 Å². The molecular formula is C22H24N2O3. The Morgan fingerprint density at radius 3 is 2.48 bits per heavy atom. The number of hydrogen-bond donors (Lipinski definition) is 1. The lowest BCUT2D eigenvalue weighted by Gasteiger charge is -2.11. The zero-order chi connectivity index (χ0) is 19.2. The highest BCUT2D eigenvalue weighted by molar-refractivity contribution is 5.36. The number of methoxy groups -OCH3 is 1. The van der Waals surface area contributed by atoms with Crippen molar-refractivity contribution < 1.29 is 14.6 Å². The number of nitrogens with zero attached hydrogens (tertiary/aromatic N) is 2. The highest BCUT2D eigenvalue weighted by atomic mass is 16.5. The number of hydrogen-bond acceptors (Lipinski definition) is 4. The maximum absolute atomic E-state index is 10.5. The van der Waals surface area contributed by atoms with E-state index >= 15 is 0 Å². The van der Waals surface area contributed by atoms with Crippen LogP contribution in [0.15, 0.2) is 73.3 Å². The fourth-order valence-electron chi connectivity index (χ4n) is 2.66. The van der Waals surface area contributed by atoms with Crippen LogP contribution in [0.3, 0.4) is 0 Å². The molecule has 0 aliphatic carbocycles. The quantitative estimate of drug-likeness (QED) is 0.605. The molecule has 0 unspecified atom stereocenters. The number of benzene rings is 2. The van der Waals surface area contributed by atoms with Crippen molar-refractivity contribution in [3.05, 3.63) is 84.6 Å². The SMILES string of the molecule is C=C[C@H](C)[C@H](O)c1cc(OCc2ccc(OC)cc2)n(-c2ccccc2)n1. The van der Waals surface area contributed by atoms with Crippen LogP contribution in [0, 0.1) is 5.92 Å². The molecule has 1 aromatic heterocycles. The third-order valence-corrected chi connectivity index (χ3v) is 4.41. The molecule has 0 amide bonds. The van der Waals surface area contributed by atoms with Crippen molar-refractivity contribution in [2.45, 2.75) is 19.6 Å². The van der Waals surface area contributed by atoms with Crippen molar-refractivity contribution in [1.82, 2.24) is 9.78 Å². The van der Waals surface area contributed by atoms with Gasteiger partial charge in [0.15, 0.2) is 0 Å². The lowest BCUT2D eigenvalue weighted by Crippen LogP contribution is -2.08. The maximum Gasteiger partial charge on any atom is 0.217 e. The molecule has 1 heterocycles. The molecule has 27 heavy (non-hydrogen) atoms. The molecular weight excluding hydrogens is 340 g/mol. The van der Waals surface area contributed by atoms with E-state index in [-0.39, 0.29) is 5.92 Å². The summed E-state index contributed by atoms with van der Waals surface area (Å²) in [5, 5.41) is 15.1. The minimum Gasteiger partial charge on any atom is -0.497 e. The predicted octanol–water partition coefficient (Wildman–Crippen LogP) is 4.32. The molecule has 0 aliphatic rings. The van der Waals surface area contributed by atoms with Gasteiger partial charge >= 0.3 is 0 Å². The zero-order valence-corrected chi connectivity index (χ0v) is 15.6. The van der Waals surface area contributed by atoms with Crippen LogP contribution in [0.2, 0.25) is 0 Å². The van der Waals surface area contributed by atoms with Crippen LogP contribution in [0.25, 0.3) is 5.69 Å². The van der Waals surface area contributed by atoms with E-state index in [1.807, 2.05) is 61.5 Å². The number of aliphatic hydroxyl groups is 1. The summed E-state index contributed by atoms with van der Waals surface area (Å²) in [5.41, 5.74) is 2.43. The average molecular weight is 364 g/mol. The normalized spacial score (nSPS) is 13.0. The van der Waals surface area contributed by atoms with Gasteiger partial charge in [0.2, 0.25) is 5.88 Å². The molecule has 0 bridgehead atoms. The molecule has 3 rings (SSSR count). The summed E-state index contributed by atoms with van der Waals surface area (Å²) in [4.78, 5) is 0. The standard InChI is InChI=1S/C22H24N2O3/c1-4-16(2)22(25)20-14-21(24(23-20)18-8-6-5-7-9-18)27-15-17-10-12-19(26-3)13-11-17/h4-14,16,22,25H,1,15H2,2-3H3/t16-,22-/m0/s1. The number of para-hydroxylation sites is 1. The molecule has 0 spiro atoms. The lowest BCUT2D eigenvalue weighted by atomic mass is 10.0. The molecule has 0 aliphatic heterocycles. The molecule has 0 fully saturated rings. The first-order valence-electron chi connectivity index (χ1n) is 8.84. The first kappa shape index (κ1) is 18.7. The molecule has 0 saturated heterocycles. The summed E-state index contributed by atoms with van der Waals surface area (Å²) >= 11 is 0. The predicted molar refractivity (Wildman–Crippen MR) is 105 cm³/mol. The van der Waals surface area contributed by atoms with Crippen molar-refractivity contribution in [2.75, 3.05) is 7.11 Å². The van der Waals surface area contributed by atoms with E-state index in [9.17, 15) is 5.11 Å². The molecule has 0 radical (unpaired) electrons. The van der Waals surface area contributed by atoms with Crippen molar-refractivity contribution >= 4 is 0 Å². The lowest BCUT2D eigenvalue weighted by molar-refractivity contribution is 0.135. The van der Waals surface area contributed by atoms with Crippen LogP contribution in [0.1, 0.15) is 24.3 Å². The van der Waals surface area contributed by atoms with E-state index in [1.165, 1.54) is 0 Å². The third kappa shape index (κ3) is 4.38. The fourth-order valence-corrected chi connectivity index (χ4v) is 2.66. The molecule has 2 aromatic carbocycles. The van der Waals surface area contributed by atoms with Crippen LogP contribution in [-0.4, -0.2) is 22.0 Å². The van der Waals surface area contributed by atoms with Crippen LogP contribution in [0.5, 0.6) is 11.6 Å². The van der Waals surface area contributed by atoms with Crippen molar-refractivity contribution in [3.8, 4) is 17.3 Å². The molecule has 140 valence electrons. The number of ether oxygens (including phenoxy) is 2. The Morgan fingerprint density at radius 2 is 1.85 bits per heavy atom. The number of rotatable bonds is 8. The molecule has 1 N–H and O–H groups in total. The summed E-state index contributed by atoms with van der Waals surface area (Å²) in [5.74, 6) is 1.26. The number of aliphatic hydroxyl groups excluding tert-OH is 1. The van der Waals surface area contributed by atoms with Gasteiger partial charge in [-0.05, 0) is 29.8 Å². The van der Waals surface area contributed by atoms with Gasteiger partial charge in [-0.3, -0.25) is 0 Å². The summed E-state index contributed by atoms with van der Waals surface area (Å²) in [6.45, 7) is 6.03. The fraction of sp³-hybridized carbons (Fsp3) is 0.227.